The molecule has 174 valence electrons. The van der Waals surface area contributed by atoms with Gasteiger partial charge in [-0.3, -0.25) is 19.2 Å². The zero-order valence-electron chi connectivity index (χ0n) is 18.2. The molecule has 0 radical (unpaired) electrons. The van der Waals surface area contributed by atoms with Crippen LogP contribution in [0.4, 0.5) is 10.5 Å². The van der Waals surface area contributed by atoms with Crippen LogP contribution < -0.4 is 4.72 Å². The third kappa shape index (κ3) is 5.45. The molecule has 0 bridgehead atoms. The van der Waals surface area contributed by atoms with Crippen LogP contribution in [-0.2, 0) is 14.8 Å². The first-order chi connectivity index (χ1) is 15.7. The van der Waals surface area contributed by atoms with E-state index >= 15 is 0 Å². The van der Waals surface area contributed by atoms with E-state index < -0.39 is 10.0 Å². The van der Waals surface area contributed by atoms with Gasteiger partial charge in [-0.2, -0.15) is 0 Å². The van der Waals surface area contributed by atoms with Crippen molar-refractivity contribution in [1.82, 2.24) is 4.90 Å². The van der Waals surface area contributed by atoms with Crippen LogP contribution in [0.3, 0.4) is 0 Å². The lowest BCUT2D eigenvalue weighted by Gasteiger charge is -2.32. The third-order valence-electron chi connectivity index (χ3n) is 6.15. The molecule has 1 aliphatic carbocycles. The summed E-state index contributed by atoms with van der Waals surface area (Å²) in [4.78, 5) is 27.4. The maximum atomic E-state index is 13.0. The van der Waals surface area contributed by atoms with E-state index in [0.29, 0.717) is 27.1 Å². The number of halogens is 1. The molecule has 1 aliphatic heterocycles. The molecule has 2 aliphatic rings. The van der Waals surface area contributed by atoms with E-state index in [2.05, 4.69) is 4.72 Å². The van der Waals surface area contributed by atoms with Gasteiger partial charge >= 0.3 is 0 Å². The summed E-state index contributed by atoms with van der Waals surface area (Å²) < 4.78 is 27.6. The molecular weight excluding hydrogens is 480 g/mol. The van der Waals surface area contributed by atoms with Gasteiger partial charge in [0, 0.05) is 16.8 Å². The zero-order chi connectivity index (χ0) is 23.6. The van der Waals surface area contributed by atoms with Crippen molar-refractivity contribution in [2.45, 2.75) is 50.0 Å². The third-order valence-corrected chi connectivity index (χ3v) is 8.68. The van der Waals surface area contributed by atoms with Crippen molar-refractivity contribution >= 4 is 56.3 Å². The van der Waals surface area contributed by atoms with Gasteiger partial charge in [0.1, 0.15) is 0 Å². The minimum Gasteiger partial charge on any atom is -0.280 e. The van der Waals surface area contributed by atoms with E-state index in [1.807, 2.05) is 6.92 Å². The number of thioether (sulfide) groups is 1. The average molecular weight is 505 g/mol. The minimum atomic E-state index is -3.74. The lowest BCUT2D eigenvalue weighted by atomic mass is 9.84. The summed E-state index contributed by atoms with van der Waals surface area (Å²) in [6.45, 7) is 1.97. The van der Waals surface area contributed by atoms with Gasteiger partial charge in [-0.15, -0.1) is 0 Å². The first-order valence-electron chi connectivity index (χ1n) is 10.9. The van der Waals surface area contributed by atoms with Crippen molar-refractivity contribution in [3.63, 3.8) is 0 Å². The van der Waals surface area contributed by atoms with Gasteiger partial charge in [-0.25, -0.2) is 8.42 Å². The van der Waals surface area contributed by atoms with E-state index in [4.69, 9.17) is 11.6 Å². The summed E-state index contributed by atoms with van der Waals surface area (Å²) >= 11 is 6.78. The van der Waals surface area contributed by atoms with E-state index in [9.17, 15) is 18.0 Å². The molecule has 2 amide bonds. The van der Waals surface area contributed by atoms with Gasteiger partial charge in [0.2, 0.25) is 0 Å². The maximum Gasteiger partial charge on any atom is 0.293 e. The Labute approximate surface area is 203 Å². The Morgan fingerprint density at radius 2 is 1.67 bits per heavy atom. The molecule has 1 unspecified atom stereocenters. The van der Waals surface area contributed by atoms with Gasteiger partial charge in [0.15, 0.2) is 0 Å². The number of carbonyl (C=O) groups excluding carboxylic acids is 2. The van der Waals surface area contributed by atoms with Crippen molar-refractivity contribution in [3.8, 4) is 0 Å². The molecule has 2 fully saturated rings. The number of nitrogens with one attached hydrogen (secondary N) is 1. The Bertz CT molecular complexity index is 1170. The molecule has 0 aromatic heterocycles. The van der Waals surface area contributed by atoms with Crippen LogP contribution in [0.5, 0.6) is 0 Å². The van der Waals surface area contributed by atoms with Crippen molar-refractivity contribution < 1.29 is 18.0 Å². The first kappa shape index (κ1) is 23.9. The highest BCUT2D eigenvalue weighted by Crippen LogP contribution is 2.38. The quantitative estimate of drug-likeness (QED) is 0.477. The van der Waals surface area contributed by atoms with E-state index in [1.54, 1.807) is 30.3 Å². The molecule has 1 atom stereocenters. The summed E-state index contributed by atoms with van der Waals surface area (Å²) in [6, 6.07) is 12.4. The molecule has 1 saturated carbocycles. The number of hydrogen-bond acceptors (Lipinski definition) is 5. The molecule has 1 N–H and O–H groups in total. The molecule has 1 heterocycles. The maximum absolute atomic E-state index is 13.0. The summed E-state index contributed by atoms with van der Waals surface area (Å²) in [5.74, 6) is 0.107. The molecule has 0 spiro atoms. The zero-order valence-corrected chi connectivity index (χ0v) is 20.5. The highest BCUT2D eigenvalue weighted by Gasteiger charge is 2.40. The highest BCUT2D eigenvalue weighted by atomic mass is 35.5. The predicted molar refractivity (Wildman–Crippen MR) is 133 cm³/mol. The number of benzene rings is 2. The van der Waals surface area contributed by atoms with Crippen LogP contribution in [0, 0.1) is 5.92 Å². The molecule has 2 aromatic carbocycles. The molecular formula is C24H25ClN2O4S2. The smallest absolute Gasteiger partial charge is 0.280 e. The molecule has 4 rings (SSSR count). The number of carbonyl (C=O) groups is 2. The number of rotatable bonds is 6. The van der Waals surface area contributed by atoms with Crippen LogP contribution in [0.1, 0.15) is 44.6 Å². The normalized spacial score (nSPS) is 19.8. The highest BCUT2D eigenvalue weighted by molar-refractivity contribution is 8.18. The summed E-state index contributed by atoms with van der Waals surface area (Å²) in [5, 5.41) is 0.229. The monoisotopic (exact) mass is 504 g/mol. The molecule has 9 heteroatoms. The van der Waals surface area contributed by atoms with Crippen molar-refractivity contribution in [3.05, 3.63) is 64.0 Å². The van der Waals surface area contributed by atoms with Gasteiger partial charge in [0.25, 0.3) is 21.2 Å². The predicted octanol–water partition coefficient (Wildman–Crippen LogP) is 6.15. The van der Waals surface area contributed by atoms with Gasteiger partial charge < -0.3 is 0 Å². The van der Waals surface area contributed by atoms with Crippen molar-refractivity contribution in [2.75, 3.05) is 4.72 Å². The van der Waals surface area contributed by atoms with Gasteiger partial charge in [0.05, 0.1) is 9.80 Å². The topological polar surface area (TPSA) is 83.6 Å². The Kier molecular flexibility index (Phi) is 7.16. The number of imide groups is 1. The minimum absolute atomic E-state index is 0.103. The lowest BCUT2D eigenvalue weighted by molar-refractivity contribution is -0.125. The second-order valence-electron chi connectivity index (χ2n) is 8.37. The Balaban J connectivity index is 1.45. The van der Waals surface area contributed by atoms with Crippen molar-refractivity contribution in [2.24, 2.45) is 5.92 Å². The Hall–Kier alpha value is -2.29. The Morgan fingerprint density at radius 1 is 1.03 bits per heavy atom. The van der Waals surface area contributed by atoms with Gasteiger partial charge in [-0.1, -0.05) is 43.0 Å². The van der Waals surface area contributed by atoms with Crippen LogP contribution in [0.25, 0.3) is 6.08 Å². The second kappa shape index (κ2) is 9.91. The van der Waals surface area contributed by atoms with Crippen LogP contribution >= 0.6 is 23.4 Å². The summed E-state index contributed by atoms with van der Waals surface area (Å²) in [5.41, 5.74) is 1.10. The number of anilines is 1. The fraction of sp³-hybridized carbons (Fsp3) is 0.333. The second-order valence-corrected chi connectivity index (χ2v) is 11.5. The van der Waals surface area contributed by atoms with E-state index in [-0.39, 0.29) is 22.1 Å². The number of amides is 2. The molecule has 1 saturated heterocycles. The first-order valence-corrected chi connectivity index (χ1v) is 13.6. The van der Waals surface area contributed by atoms with Crippen LogP contribution in [0.2, 0.25) is 5.02 Å². The largest absolute Gasteiger partial charge is 0.293 e. The van der Waals surface area contributed by atoms with Gasteiger partial charge in [-0.05, 0) is 85.5 Å². The molecule has 6 nitrogen and oxygen atoms in total. The lowest BCUT2D eigenvalue weighted by Crippen LogP contribution is -2.42. The fourth-order valence-electron chi connectivity index (χ4n) is 4.28. The number of sulfonamides is 1. The van der Waals surface area contributed by atoms with Crippen LogP contribution in [-0.4, -0.2) is 30.5 Å². The average Bonchev–Trinajstić information content (AvgIpc) is 3.08. The van der Waals surface area contributed by atoms with Crippen molar-refractivity contribution in [1.29, 1.82) is 0 Å². The molecule has 2 aromatic rings. The summed E-state index contributed by atoms with van der Waals surface area (Å²) in [6.07, 6.45) is 7.29. The standard InChI is InChI=1S/C24H25ClN2O4S2/c1-16(18-5-3-2-4-6-18)27-23(28)22(32-24(27)29)15-17-7-11-20(12-8-17)26-33(30,31)21-13-9-19(25)10-14-21/h7-16,18,26H,2-6H2,1H3/b22-15-. The van der Waals surface area contributed by atoms with E-state index in [0.717, 1.165) is 37.4 Å². The fourth-order valence-corrected chi connectivity index (χ4v) is 6.39. The SMILES string of the molecule is CC(C1CCCCC1)N1C(=O)S/C(=C\c2ccc(NS(=O)(=O)c3ccc(Cl)cc3)cc2)C1=O. The molecule has 33 heavy (non-hydrogen) atoms. The number of nitrogens with zero attached hydrogens (tertiary/aromatic N) is 1. The van der Waals surface area contributed by atoms with E-state index in [1.165, 1.54) is 35.6 Å². The Morgan fingerprint density at radius 3 is 2.30 bits per heavy atom. The number of hydrogen-bond donors (Lipinski definition) is 1. The van der Waals surface area contributed by atoms with Crippen LogP contribution in [0.15, 0.2) is 58.3 Å². The summed E-state index contributed by atoms with van der Waals surface area (Å²) in [7, 11) is -3.74.